The SMILES string of the molecule is CCOC1(O)C(C)C1C. The lowest BCUT2D eigenvalue weighted by atomic mass is 10.4. The van der Waals surface area contributed by atoms with Crippen molar-refractivity contribution in [3.8, 4) is 0 Å². The number of ether oxygens (including phenoxy) is 1. The first kappa shape index (κ1) is 7.03. The van der Waals surface area contributed by atoms with Crippen LogP contribution in [0.1, 0.15) is 20.8 Å². The van der Waals surface area contributed by atoms with Gasteiger partial charge in [-0.1, -0.05) is 13.8 Å². The molecule has 1 aliphatic carbocycles. The van der Waals surface area contributed by atoms with Crippen molar-refractivity contribution in [2.75, 3.05) is 6.61 Å². The minimum atomic E-state index is -0.783. The number of rotatable bonds is 2. The van der Waals surface area contributed by atoms with E-state index in [-0.39, 0.29) is 0 Å². The summed E-state index contributed by atoms with van der Waals surface area (Å²) in [5.74, 6) is -0.149. The molecule has 2 nitrogen and oxygen atoms in total. The molecule has 9 heavy (non-hydrogen) atoms. The second-order valence-electron chi connectivity index (χ2n) is 2.76. The van der Waals surface area contributed by atoms with Gasteiger partial charge in [-0.25, -0.2) is 0 Å². The van der Waals surface area contributed by atoms with Crippen LogP contribution in [-0.2, 0) is 4.74 Å². The van der Waals surface area contributed by atoms with Crippen LogP contribution >= 0.6 is 0 Å². The molecule has 0 aromatic carbocycles. The standard InChI is InChI=1S/C7H14O2/c1-4-9-7(8)5(2)6(7)3/h5-6,8H,4H2,1-3H3. The summed E-state index contributed by atoms with van der Waals surface area (Å²) in [4.78, 5) is 0. The van der Waals surface area contributed by atoms with Crippen molar-refractivity contribution in [3.63, 3.8) is 0 Å². The van der Waals surface area contributed by atoms with Crippen LogP contribution < -0.4 is 0 Å². The smallest absolute Gasteiger partial charge is 0.171 e. The first-order chi connectivity index (χ1) is 4.13. The lowest BCUT2D eigenvalue weighted by Crippen LogP contribution is -2.16. The highest BCUT2D eigenvalue weighted by Crippen LogP contribution is 2.50. The lowest BCUT2D eigenvalue weighted by Gasteiger charge is -2.08. The van der Waals surface area contributed by atoms with Gasteiger partial charge in [-0.05, 0) is 6.92 Å². The maximum Gasteiger partial charge on any atom is 0.171 e. The highest BCUT2D eigenvalue weighted by molar-refractivity contribution is 5.00. The summed E-state index contributed by atoms with van der Waals surface area (Å²) >= 11 is 0. The van der Waals surface area contributed by atoms with Gasteiger partial charge in [0, 0.05) is 18.4 Å². The Balaban J connectivity index is 2.40. The van der Waals surface area contributed by atoms with Gasteiger partial charge in [-0.2, -0.15) is 0 Å². The molecular weight excluding hydrogens is 116 g/mol. The molecule has 54 valence electrons. The van der Waals surface area contributed by atoms with Crippen molar-refractivity contribution in [2.24, 2.45) is 11.8 Å². The van der Waals surface area contributed by atoms with Crippen LogP contribution in [0.5, 0.6) is 0 Å². The van der Waals surface area contributed by atoms with E-state index in [1.165, 1.54) is 0 Å². The minimum absolute atomic E-state index is 0.317. The largest absolute Gasteiger partial charge is 0.365 e. The molecule has 0 aliphatic heterocycles. The van der Waals surface area contributed by atoms with Crippen molar-refractivity contribution >= 4 is 0 Å². The first-order valence-electron chi connectivity index (χ1n) is 3.49. The Morgan fingerprint density at radius 2 is 1.89 bits per heavy atom. The van der Waals surface area contributed by atoms with Crippen LogP contribution in [0.15, 0.2) is 0 Å². The Labute approximate surface area is 55.8 Å². The molecule has 2 unspecified atom stereocenters. The normalized spacial score (nSPS) is 49.3. The maximum absolute atomic E-state index is 9.44. The van der Waals surface area contributed by atoms with Crippen LogP contribution in [0.25, 0.3) is 0 Å². The molecule has 1 fully saturated rings. The average molecular weight is 130 g/mol. The molecule has 0 saturated heterocycles. The molecule has 2 heteroatoms. The molecule has 0 bridgehead atoms. The van der Waals surface area contributed by atoms with Crippen molar-refractivity contribution < 1.29 is 9.84 Å². The predicted molar refractivity (Wildman–Crippen MR) is 34.9 cm³/mol. The fraction of sp³-hybridized carbons (Fsp3) is 1.00. The van der Waals surface area contributed by atoms with Gasteiger partial charge in [0.2, 0.25) is 0 Å². The molecule has 1 aliphatic rings. The topological polar surface area (TPSA) is 29.5 Å². The Morgan fingerprint density at radius 3 is 2.00 bits per heavy atom. The molecule has 0 radical (unpaired) electrons. The molecule has 2 atom stereocenters. The van der Waals surface area contributed by atoms with E-state index in [2.05, 4.69) is 0 Å². The summed E-state index contributed by atoms with van der Waals surface area (Å²) < 4.78 is 5.12. The van der Waals surface area contributed by atoms with Gasteiger partial charge >= 0.3 is 0 Å². The third-order valence-electron chi connectivity index (χ3n) is 2.32. The van der Waals surface area contributed by atoms with E-state index >= 15 is 0 Å². The van der Waals surface area contributed by atoms with Crippen LogP contribution in [-0.4, -0.2) is 17.5 Å². The average Bonchev–Trinajstić information content (AvgIpc) is 2.22. The summed E-state index contributed by atoms with van der Waals surface area (Å²) in [5, 5.41) is 9.44. The van der Waals surface area contributed by atoms with Crippen LogP contribution in [0.3, 0.4) is 0 Å². The highest BCUT2D eigenvalue weighted by Gasteiger charge is 2.59. The molecule has 1 saturated carbocycles. The van der Waals surface area contributed by atoms with Crippen molar-refractivity contribution in [3.05, 3.63) is 0 Å². The van der Waals surface area contributed by atoms with E-state index < -0.39 is 5.79 Å². The third-order valence-corrected chi connectivity index (χ3v) is 2.32. The number of hydrogen-bond acceptors (Lipinski definition) is 2. The molecule has 0 spiro atoms. The van der Waals surface area contributed by atoms with Gasteiger partial charge in [-0.3, -0.25) is 0 Å². The Morgan fingerprint density at radius 1 is 1.44 bits per heavy atom. The summed E-state index contributed by atoms with van der Waals surface area (Å²) in [6.07, 6.45) is 0. The van der Waals surface area contributed by atoms with E-state index in [1.54, 1.807) is 0 Å². The molecule has 1 N–H and O–H groups in total. The van der Waals surface area contributed by atoms with Gasteiger partial charge in [0.05, 0.1) is 0 Å². The zero-order valence-electron chi connectivity index (χ0n) is 6.22. The monoisotopic (exact) mass is 130 g/mol. The van der Waals surface area contributed by atoms with Crippen LogP contribution in [0, 0.1) is 11.8 Å². The van der Waals surface area contributed by atoms with Crippen LogP contribution in [0.2, 0.25) is 0 Å². The van der Waals surface area contributed by atoms with E-state index in [0.717, 1.165) is 0 Å². The summed E-state index contributed by atoms with van der Waals surface area (Å²) in [5.41, 5.74) is 0. The number of hydrogen-bond donors (Lipinski definition) is 1. The fourth-order valence-corrected chi connectivity index (χ4v) is 1.21. The molecule has 0 aromatic heterocycles. The van der Waals surface area contributed by atoms with E-state index in [9.17, 15) is 5.11 Å². The summed E-state index contributed by atoms with van der Waals surface area (Å²) in [6, 6.07) is 0. The molecule has 0 aromatic rings. The molecule has 1 rings (SSSR count). The quantitative estimate of drug-likeness (QED) is 0.565. The number of aliphatic hydroxyl groups is 1. The highest BCUT2D eigenvalue weighted by atomic mass is 16.6. The Bertz CT molecular complexity index is 103. The van der Waals surface area contributed by atoms with Gasteiger partial charge in [0.1, 0.15) is 0 Å². The van der Waals surface area contributed by atoms with Crippen molar-refractivity contribution in [1.82, 2.24) is 0 Å². The van der Waals surface area contributed by atoms with Crippen molar-refractivity contribution in [2.45, 2.75) is 26.6 Å². The van der Waals surface area contributed by atoms with Crippen LogP contribution in [0.4, 0.5) is 0 Å². The summed E-state index contributed by atoms with van der Waals surface area (Å²) in [7, 11) is 0. The zero-order valence-corrected chi connectivity index (χ0v) is 6.22. The second-order valence-corrected chi connectivity index (χ2v) is 2.76. The van der Waals surface area contributed by atoms with E-state index in [0.29, 0.717) is 18.4 Å². The van der Waals surface area contributed by atoms with Gasteiger partial charge in [0.25, 0.3) is 0 Å². The Hall–Kier alpha value is -0.0800. The van der Waals surface area contributed by atoms with E-state index in [4.69, 9.17) is 4.74 Å². The predicted octanol–water partition coefficient (Wildman–Crippen LogP) is 0.997. The maximum atomic E-state index is 9.44. The zero-order chi connectivity index (χ0) is 7.07. The van der Waals surface area contributed by atoms with Crippen molar-refractivity contribution in [1.29, 1.82) is 0 Å². The summed E-state index contributed by atoms with van der Waals surface area (Å²) in [6.45, 7) is 6.50. The molecule has 0 amide bonds. The molecular formula is C7H14O2. The third kappa shape index (κ3) is 0.864. The van der Waals surface area contributed by atoms with Gasteiger partial charge in [-0.15, -0.1) is 0 Å². The van der Waals surface area contributed by atoms with E-state index in [1.807, 2.05) is 20.8 Å². The first-order valence-corrected chi connectivity index (χ1v) is 3.49. The fourth-order valence-electron chi connectivity index (χ4n) is 1.21. The second kappa shape index (κ2) is 1.96. The van der Waals surface area contributed by atoms with Gasteiger partial charge in [0.15, 0.2) is 5.79 Å². The van der Waals surface area contributed by atoms with Gasteiger partial charge < -0.3 is 9.84 Å². The lowest BCUT2D eigenvalue weighted by molar-refractivity contribution is -0.139. The molecule has 0 heterocycles. The Kier molecular flexibility index (Phi) is 1.53. The minimum Gasteiger partial charge on any atom is -0.365 e.